The molecule has 172 valence electrons. The summed E-state index contributed by atoms with van der Waals surface area (Å²) in [6.07, 6.45) is 0.303. The van der Waals surface area contributed by atoms with Crippen molar-refractivity contribution < 1.29 is 14.4 Å². The number of rotatable bonds is 7. The summed E-state index contributed by atoms with van der Waals surface area (Å²) in [6, 6.07) is 23.5. The molecule has 0 spiro atoms. The molecule has 3 amide bonds. The van der Waals surface area contributed by atoms with Crippen molar-refractivity contribution in [3.05, 3.63) is 89.4 Å². The zero-order valence-corrected chi connectivity index (χ0v) is 19.6. The van der Waals surface area contributed by atoms with Crippen molar-refractivity contribution in [3.63, 3.8) is 0 Å². The van der Waals surface area contributed by atoms with Crippen LogP contribution in [0.1, 0.15) is 12.0 Å². The third-order valence-electron chi connectivity index (χ3n) is 4.85. The quantitative estimate of drug-likeness (QED) is 0.476. The summed E-state index contributed by atoms with van der Waals surface area (Å²) < 4.78 is 0. The van der Waals surface area contributed by atoms with Crippen LogP contribution in [-0.2, 0) is 20.8 Å². The summed E-state index contributed by atoms with van der Waals surface area (Å²) in [7, 11) is 0. The molecule has 2 N–H and O–H groups in total. The minimum atomic E-state index is -0.244. The lowest BCUT2D eigenvalue weighted by atomic mass is 10.1. The third kappa shape index (κ3) is 6.46. The van der Waals surface area contributed by atoms with Gasteiger partial charge in [0.2, 0.25) is 11.8 Å². The van der Waals surface area contributed by atoms with Crippen LogP contribution < -0.4 is 15.6 Å². The van der Waals surface area contributed by atoms with Crippen molar-refractivity contribution >= 4 is 58.3 Å². The van der Waals surface area contributed by atoms with Gasteiger partial charge in [-0.1, -0.05) is 41.9 Å². The van der Waals surface area contributed by atoms with Crippen molar-refractivity contribution in [2.75, 3.05) is 16.1 Å². The van der Waals surface area contributed by atoms with E-state index in [2.05, 4.69) is 15.7 Å². The van der Waals surface area contributed by atoms with Crippen molar-refractivity contribution in [1.29, 1.82) is 0 Å². The zero-order chi connectivity index (χ0) is 23.9. The smallest absolute Gasteiger partial charge is 0.255 e. The van der Waals surface area contributed by atoms with Crippen molar-refractivity contribution in [1.82, 2.24) is 5.32 Å². The Balaban J connectivity index is 1.24. The fraction of sp³-hybridized carbons (Fsp3) is 0.120. The molecule has 1 aliphatic heterocycles. The molecule has 0 saturated carbocycles. The maximum atomic E-state index is 12.3. The Bertz CT molecular complexity index is 1220. The highest BCUT2D eigenvalue weighted by Crippen LogP contribution is 2.22. The Kier molecular flexibility index (Phi) is 7.61. The van der Waals surface area contributed by atoms with Gasteiger partial charge < -0.3 is 10.6 Å². The van der Waals surface area contributed by atoms with Crippen LogP contribution in [0.5, 0.6) is 0 Å². The van der Waals surface area contributed by atoms with Crippen LogP contribution in [0.15, 0.2) is 88.9 Å². The van der Waals surface area contributed by atoms with E-state index in [1.807, 2.05) is 42.5 Å². The highest BCUT2D eigenvalue weighted by atomic mass is 35.5. The second kappa shape index (κ2) is 11.0. The summed E-state index contributed by atoms with van der Waals surface area (Å²) in [5, 5.41) is 11.7. The number of anilines is 2. The number of nitrogens with zero attached hydrogens (tertiary/aromatic N) is 2. The van der Waals surface area contributed by atoms with Gasteiger partial charge in [-0.15, -0.1) is 11.8 Å². The predicted octanol–water partition coefficient (Wildman–Crippen LogP) is 4.48. The third-order valence-corrected chi connectivity index (χ3v) is 6.11. The summed E-state index contributed by atoms with van der Waals surface area (Å²) in [5.74, 6) is -0.0627. The van der Waals surface area contributed by atoms with Crippen LogP contribution in [0.25, 0.3) is 0 Å². The number of para-hydroxylation sites is 1. The maximum absolute atomic E-state index is 12.3. The number of amides is 3. The predicted molar refractivity (Wildman–Crippen MR) is 135 cm³/mol. The number of hydrogen-bond donors (Lipinski definition) is 2. The Morgan fingerprint density at radius 2 is 1.62 bits per heavy atom. The van der Waals surface area contributed by atoms with Gasteiger partial charge in [-0.05, 0) is 54.1 Å². The molecule has 0 atom stereocenters. The molecule has 7 nitrogen and oxygen atoms in total. The number of carbonyl (C=O) groups excluding carboxylic acids is 3. The average molecular weight is 493 g/mol. The topological polar surface area (TPSA) is 90.9 Å². The van der Waals surface area contributed by atoms with E-state index in [0.29, 0.717) is 22.2 Å². The molecule has 0 unspecified atom stereocenters. The van der Waals surface area contributed by atoms with Crippen molar-refractivity contribution in [3.8, 4) is 0 Å². The molecule has 0 bridgehead atoms. The average Bonchev–Trinajstić information content (AvgIpc) is 3.20. The van der Waals surface area contributed by atoms with Gasteiger partial charge in [0.25, 0.3) is 5.91 Å². The first-order valence-electron chi connectivity index (χ1n) is 10.5. The van der Waals surface area contributed by atoms with Crippen LogP contribution >= 0.6 is 23.4 Å². The zero-order valence-electron chi connectivity index (χ0n) is 18.0. The molecule has 0 aliphatic carbocycles. The fourth-order valence-electron chi connectivity index (χ4n) is 3.24. The van der Waals surface area contributed by atoms with Gasteiger partial charge in [-0.25, -0.2) is 0 Å². The molecular formula is C25H21ClN4O3S. The number of nitrogens with one attached hydrogen (secondary N) is 2. The van der Waals surface area contributed by atoms with Gasteiger partial charge in [-0.3, -0.25) is 14.4 Å². The van der Waals surface area contributed by atoms with E-state index in [-0.39, 0.29) is 36.3 Å². The number of thioether (sulfide) groups is 1. The van der Waals surface area contributed by atoms with E-state index in [9.17, 15) is 14.4 Å². The summed E-state index contributed by atoms with van der Waals surface area (Å²) in [4.78, 5) is 37.6. The van der Waals surface area contributed by atoms with E-state index in [1.54, 1.807) is 36.4 Å². The van der Waals surface area contributed by atoms with Crippen molar-refractivity contribution in [2.45, 2.75) is 17.7 Å². The first kappa shape index (κ1) is 23.5. The number of benzene rings is 3. The highest BCUT2D eigenvalue weighted by molar-refractivity contribution is 8.00. The van der Waals surface area contributed by atoms with E-state index in [4.69, 9.17) is 11.6 Å². The minimum Gasteiger partial charge on any atom is -0.326 e. The van der Waals surface area contributed by atoms with Crippen molar-refractivity contribution in [2.24, 2.45) is 5.10 Å². The number of hydrogen-bond acceptors (Lipinski definition) is 5. The Labute approximate surface area is 206 Å². The Hall–Kier alpha value is -3.62. The molecule has 0 fully saturated rings. The molecule has 3 aromatic carbocycles. The molecule has 0 radical (unpaired) electrons. The molecule has 0 aromatic heterocycles. The second-order valence-electron chi connectivity index (χ2n) is 7.48. The highest BCUT2D eigenvalue weighted by Gasteiger charge is 2.26. The second-order valence-corrected chi connectivity index (χ2v) is 8.96. The number of amidine groups is 1. The number of hydrazone groups is 1. The maximum Gasteiger partial charge on any atom is 0.255 e. The first-order chi connectivity index (χ1) is 16.5. The van der Waals surface area contributed by atoms with Crippen LogP contribution in [0.3, 0.4) is 0 Å². The van der Waals surface area contributed by atoms with Gasteiger partial charge in [0.1, 0.15) is 5.84 Å². The lowest BCUT2D eigenvalue weighted by Crippen LogP contribution is -2.31. The molecule has 3 aromatic rings. The standard InChI is InChI=1S/C25H21ClN4O3S/c26-18-8-6-17(7-9-18)14-23(31)27-19-10-12-21(13-11-19)34-16-24(32)28-22-15-25(33)30(29-22)20-4-2-1-3-5-20/h1-13H,14-16H2,(H,27,31)(H,28,29,32). The summed E-state index contributed by atoms with van der Waals surface area (Å²) >= 11 is 7.22. The van der Waals surface area contributed by atoms with E-state index >= 15 is 0 Å². The number of carbonyl (C=O) groups is 3. The molecular weight excluding hydrogens is 472 g/mol. The molecule has 9 heteroatoms. The number of halogens is 1. The van der Waals surface area contributed by atoms with Crippen LogP contribution in [0.2, 0.25) is 5.02 Å². The van der Waals surface area contributed by atoms with Crippen LogP contribution in [0.4, 0.5) is 11.4 Å². The molecule has 0 saturated heterocycles. The summed E-state index contributed by atoms with van der Waals surface area (Å²) in [5.41, 5.74) is 2.21. The first-order valence-corrected chi connectivity index (χ1v) is 11.8. The fourth-order valence-corrected chi connectivity index (χ4v) is 4.07. The van der Waals surface area contributed by atoms with Gasteiger partial charge in [0.15, 0.2) is 0 Å². The lowest BCUT2D eigenvalue weighted by Gasteiger charge is -2.10. The largest absolute Gasteiger partial charge is 0.326 e. The van der Waals surface area contributed by atoms with Gasteiger partial charge >= 0.3 is 0 Å². The monoisotopic (exact) mass is 492 g/mol. The van der Waals surface area contributed by atoms with E-state index in [1.165, 1.54) is 16.8 Å². The van der Waals surface area contributed by atoms with E-state index in [0.717, 1.165) is 10.5 Å². The summed E-state index contributed by atoms with van der Waals surface area (Å²) in [6.45, 7) is 0. The van der Waals surface area contributed by atoms with Gasteiger partial charge in [-0.2, -0.15) is 10.1 Å². The molecule has 1 heterocycles. The van der Waals surface area contributed by atoms with E-state index < -0.39 is 0 Å². The molecule has 1 aliphatic rings. The van der Waals surface area contributed by atoms with Crippen LogP contribution in [0, 0.1) is 0 Å². The minimum absolute atomic E-state index is 0.0513. The van der Waals surface area contributed by atoms with Crippen LogP contribution in [-0.4, -0.2) is 29.3 Å². The normalized spacial score (nSPS) is 12.9. The molecule has 4 rings (SSSR count). The Morgan fingerprint density at radius 3 is 2.32 bits per heavy atom. The lowest BCUT2D eigenvalue weighted by molar-refractivity contribution is -0.117. The van der Waals surface area contributed by atoms with Gasteiger partial charge in [0.05, 0.1) is 24.3 Å². The molecule has 34 heavy (non-hydrogen) atoms. The SMILES string of the molecule is O=C(CSc1ccc(NC(=O)Cc2ccc(Cl)cc2)cc1)NC1=NN(c2ccccc2)C(=O)C1. The Morgan fingerprint density at radius 1 is 0.912 bits per heavy atom. The van der Waals surface area contributed by atoms with Gasteiger partial charge in [0, 0.05) is 15.6 Å².